The molecule has 0 aliphatic heterocycles. The molecule has 0 aromatic heterocycles. The molecule has 0 unspecified atom stereocenters. The van der Waals surface area contributed by atoms with Crippen LogP contribution in [0, 0.1) is 0 Å². The molecule has 0 bridgehead atoms. The highest BCUT2D eigenvalue weighted by Gasteiger charge is 2.04. The van der Waals surface area contributed by atoms with E-state index in [1.165, 1.54) is 0 Å². The van der Waals surface area contributed by atoms with E-state index in [-0.39, 0.29) is 0 Å². The fraction of sp³-hybridized carbons (Fsp3) is 0. The minimum absolute atomic E-state index is 0.430. The zero-order valence-corrected chi connectivity index (χ0v) is 9.21. The van der Waals surface area contributed by atoms with Crippen LogP contribution in [0.3, 0.4) is 0 Å². The summed E-state index contributed by atoms with van der Waals surface area (Å²) >= 11 is 0. The van der Waals surface area contributed by atoms with Gasteiger partial charge in [-0.2, -0.15) is 0 Å². The number of amides is 1. The second-order valence-corrected chi connectivity index (χ2v) is 3.55. The molecule has 2 aromatic rings. The zero-order valence-electron chi connectivity index (χ0n) is 9.21. The number of benzene rings is 2. The zero-order chi connectivity index (χ0) is 12.1. The van der Waals surface area contributed by atoms with Crippen molar-refractivity contribution in [2.45, 2.75) is 0 Å². The lowest BCUT2D eigenvalue weighted by atomic mass is 10.1. The summed E-state index contributed by atoms with van der Waals surface area (Å²) in [6, 6.07) is 16.7. The SMILES string of the molecule is NC(=O)c1ccccc1/N=C/c1ccccc1. The Bertz CT molecular complexity index is 547. The first-order valence-electron chi connectivity index (χ1n) is 5.25. The fourth-order valence-electron chi connectivity index (χ4n) is 1.48. The van der Waals surface area contributed by atoms with Crippen molar-refractivity contribution in [3.8, 4) is 0 Å². The number of hydrogen-bond donors (Lipinski definition) is 1. The van der Waals surface area contributed by atoms with Crippen molar-refractivity contribution < 1.29 is 4.79 Å². The first-order chi connectivity index (χ1) is 8.27. The molecule has 17 heavy (non-hydrogen) atoms. The average molecular weight is 224 g/mol. The molecule has 0 radical (unpaired) electrons. The first-order valence-corrected chi connectivity index (χ1v) is 5.25. The Hall–Kier alpha value is -2.42. The second kappa shape index (κ2) is 5.07. The molecule has 0 saturated carbocycles. The Kier molecular flexibility index (Phi) is 3.31. The predicted molar refractivity (Wildman–Crippen MR) is 68.7 cm³/mol. The van der Waals surface area contributed by atoms with Crippen LogP contribution in [0.4, 0.5) is 5.69 Å². The first kappa shape index (κ1) is 11.1. The lowest BCUT2D eigenvalue weighted by molar-refractivity contribution is 0.100. The van der Waals surface area contributed by atoms with Crippen molar-refractivity contribution in [1.29, 1.82) is 0 Å². The monoisotopic (exact) mass is 224 g/mol. The summed E-state index contributed by atoms with van der Waals surface area (Å²) in [5, 5.41) is 0. The molecule has 0 saturated heterocycles. The maximum absolute atomic E-state index is 11.2. The Morgan fingerprint density at radius 2 is 1.65 bits per heavy atom. The van der Waals surface area contributed by atoms with Gasteiger partial charge in [0.2, 0.25) is 0 Å². The standard InChI is InChI=1S/C14H12N2O/c15-14(17)12-8-4-5-9-13(12)16-10-11-6-2-1-3-7-11/h1-10H,(H2,15,17)/b16-10+. The van der Waals surface area contributed by atoms with Crippen molar-refractivity contribution in [2.75, 3.05) is 0 Å². The van der Waals surface area contributed by atoms with E-state index >= 15 is 0 Å². The summed E-state index contributed by atoms with van der Waals surface area (Å²) in [6.45, 7) is 0. The number of aliphatic imine (C=N–C) groups is 1. The van der Waals surface area contributed by atoms with Gasteiger partial charge in [0.1, 0.15) is 0 Å². The summed E-state index contributed by atoms with van der Waals surface area (Å²) in [4.78, 5) is 15.5. The normalized spacial score (nSPS) is 10.6. The smallest absolute Gasteiger partial charge is 0.250 e. The number of hydrogen-bond acceptors (Lipinski definition) is 2. The van der Waals surface area contributed by atoms with Gasteiger partial charge in [0.05, 0.1) is 11.3 Å². The molecule has 3 nitrogen and oxygen atoms in total. The molecule has 84 valence electrons. The van der Waals surface area contributed by atoms with Crippen LogP contribution >= 0.6 is 0 Å². The molecular weight excluding hydrogens is 212 g/mol. The third-order valence-electron chi connectivity index (χ3n) is 2.32. The van der Waals surface area contributed by atoms with Gasteiger partial charge in [-0.25, -0.2) is 0 Å². The molecule has 0 aliphatic carbocycles. The van der Waals surface area contributed by atoms with E-state index in [0.29, 0.717) is 11.3 Å². The number of nitrogens with two attached hydrogens (primary N) is 1. The largest absolute Gasteiger partial charge is 0.366 e. The lowest BCUT2D eigenvalue weighted by Crippen LogP contribution is -2.10. The maximum Gasteiger partial charge on any atom is 0.250 e. The number of carbonyl (C=O) groups excluding carboxylic acids is 1. The van der Waals surface area contributed by atoms with Gasteiger partial charge in [-0.3, -0.25) is 9.79 Å². The van der Waals surface area contributed by atoms with E-state index in [4.69, 9.17) is 5.73 Å². The van der Waals surface area contributed by atoms with Crippen LogP contribution in [-0.4, -0.2) is 12.1 Å². The maximum atomic E-state index is 11.2. The van der Waals surface area contributed by atoms with E-state index in [1.54, 1.807) is 24.4 Å². The molecule has 2 N–H and O–H groups in total. The Balaban J connectivity index is 2.30. The highest BCUT2D eigenvalue weighted by atomic mass is 16.1. The average Bonchev–Trinajstić information content (AvgIpc) is 2.38. The third-order valence-corrected chi connectivity index (χ3v) is 2.32. The molecule has 0 heterocycles. The van der Waals surface area contributed by atoms with Crippen LogP contribution in [0.2, 0.25) is 0 Å². The second-order valence-electron chi connectivity index (χ2n) is 3.55. The van der Waals surface area contributed by atoms with Gasteiger partial charge in [0.15, 0.2) is 0 Å². The van der Waals surface area contributed by atoms with E-state index < -0.39 is 5.91 Å². The summed E-state index contributed by atoms with van der Waals surface area (Å²) in [5.41, 5.74) is 7.27. The van der Waals surface area contributed by atoms with Crippen LogP contribution < -0.4 is 5.73 Å². The van der Waals surface area contributed by atoms with Gasteiger partial charge in [0, 0.05) is 6.21 Å². The summed E-state index contributed by atoms with van der Waals surface area (Å²) in [5.74, 6) is -0.467. The Labute approximate surface area is 99.6 Å². The van der Waals surface area contributed by atoms with Gasteiger partial charge in [0.25, 0.3) is 5.91 Å². The van der Waals surface area contributed by atoms with Crippen molar-refractivity contribution in [3.05, 3.63) is 65.7 Å². The predicted octanol–water partition coefficient (Wildman–Crippen LogP) is 2.54. The van der Waals surface area contributed by atoms with Crippen LogP contribution in [0.15, 0.2) is 59.6 Å². The van der Waals surface area contributed by atoms with Crippen molar-refractivity contribution in [1.82, 2.24) is 0 Å². The molecule has 1 amide bonds. The van der Waals surface area contributed by atoms with E-state index in [1.807, 2.05) is 36.4 Å². The third kappa shape index (κ3) is 2.78. The summed E-state index contributed by atoms with van der Waals surface area (Å²) < 4.78 is 0. The van der Waals surface area contributed by atoms with Crippen LogP contribution in [0.5, 0.6) is 0 Å². The topological polar surface area (TPSA) is 55.5 Å². The van der Waals surface area contributed by atoms with Crippen LogP contribution in [0.25, 0.3) is 0 Å². The number of rotatable bonds is 3. The Morgan fingerprint density at radius 3 is 2.35 bits per heavy atom. The summed E-state index contributed by atoms with van der Waals surface area (Å²) in [7, 11) is 0. The van der Waals surface area contributed by atoms with Crippen molar-refractivity contribution in [2.24, 2.45) is 10.7 Å². The molecule has 0 atom stereocenters. The molecule has 3 heteroatoms. The van der Waals surface area contributed by atoms with Gasteiger partial charge in [-0.15, -0.1) is 0 Å². The molecule has 0 fully saturated rings. The minimum Gasteiger partial charge on any atom is -0.366 e. The quantitative estimate of drug-likeness (QED) is 0.800. The molecule has 2 aromatic carbocycles. The lowest BCUT2D eigenvalue weighted by Gasteiger charge is -2.00. The van der Waals surface area contributed by atoms with Gasteiger partial charge >= 0.3 is 0 Å². The van der Waals surface area contributed by atoms with Crippen LogP contribution in [-0.2, 0) is 0 Å². The number of carbonyl (C=O) groups is 1. The highest BCUT2D eigenvalue weighted by Crippen LogP contribution is 2.17. The summed E-state index contributed by atoms with van der Waals surface area (Å²) in [6.07, 6.45) is 1.71. The Morgan fingerprint density at radius 1 is 1.00 bits per heavy atom. The van der Waals surface area contributed by atoms with E-state index in [2.05, 4.69) is 4.99 Å². The number of primary amides is 1. The molecular formula is C14H12N2O. The van der Waals surface area contributed by atoms with E-state index in [0.717, 1.165) is 5.56 Å². The fourth-order valence-corrected chi connectivity index (χ4v) is 1.48. The van der Waals surface area contributed by atoms with Gasteiger partial charge < -0.3 is 5.73 Å². The highest BCUT2D eigenvalue weighted by molar-refractivity contribution is 5.98. The van der Waals surface area contributed by atoms with Gasteiger partial charge in [-0.1, -0.05) is 42.5 Å². The van der Waals surface area contributed by atoms with Crippen molar-refractivity contribution >= 4 is 17.8 Å². The van der Waals surface area contributed by atoms with Crippen LogP contribution in [0.1, 0.15) is 15.9 Å². The molecule has 0 spiro atoms. The minimum atomic E-state index is -0.467. The molecule has 0 aliphatic rings. The molecule has 2 rings (SSSR count). The number of para-hydroxylation sites is 1. The van der Waals surface area contributed by atoms with E-state index in [9.17, 15) is 4.79 Å². The van der Waals surface area contributed by atoms with Crippen molar-refractivity contribution in [3.63, 3.8) is 0 Å². The number of nitrogens with zero attached hydrogens (tertiary/aromatic N) is 1. The van der Waals surface area contributed by atoms with Gasteiger partial charge in [-0.05, 0) is 17.7 Å².